The summed E-state index contributed by atoms with van der Waals surface area (Å²) >= 11 is 0. The molecule has 134 valence electrons. The van der Waals surface area contributed by atoms with Crippen molar-refractivity contribution in [1.29, 1.82) is 0 Å². The van der Waals surface area contributed by atoms with Crippen LogP contribution < -0.4 is 5.32 Å². The van der Waals surface area contributed by atoms with Gasteiger partial charge >= 0.3 is 6.18 Å². The van der Waals surface area contributed by atoms with E-state index < -0.39 is 27.5 Å². The van der Waals surface area contributed by atoms with Crippen molar-refractivity contribution in [3.63, 3.8) is 0 Å². The van der Waals surface area contributed by atoms with Crippen LogP contribution in [0.15, 0.2) is 24.3 Å². The van der Waals surface area contributed by atoms with E-state index in [1.807, 2.05) is 0 Å². The van der Waals surface area contributed by atoms with Crippen LogP contribution in [-0.2, 0) is 20.8 Å². The second kappa shape index (κ2) is 7.10. The topological polar surface area (TPSA) is 66.5 Å². The number of rotatable bonds is 5. The van der Waals surface area contributed by atoms with Gasteiger partial charge in [0.1, 0.15) is 0 Å². The van der Waals surface area contributed by atoms with Crippen LogP contribution in [0.2, 0.25) is 0 Å². The summed E-state index contributed by atoms with van der Waals surface area (Å²) in [6.07, 6.45) is -3.85. The van der Waals surface area contributed by atoms with E-state index >= 15 is 0 Å². The number of hydrogen-bond acceptors (Lipinski definition) is 4. The summed E-state index contributed by atoms with van der Waals surface area (Å²) < 4.78 is 60.8. The maximum atomic E-state index is 12.6. The van der Waals surface area contributed by atoms with Gasteiger partial charge in [-0.05, 0) is 31.7 Å². The van der Waals surface area contributed by atoms with Crippen molar-refractivity contribution in [2.45, 2.75) is 25.1 Å². The second-order valence-corrected chi connectivity index (χ2v) is 8.14. The van der Waals surface area contributed by atoms with Gasteiger partial charge in [-0.15, -0.1) is 0 Å². The Kier molecular flexibility index (Phi) is 5.54. The number of nitrogens with one attached hydrogen (secondary N) is 1. The summed E-state index contributed by atoms with van der Waals surface area (Å²) in [5, 5.41) is 2.43. The Labute approximate surface area is 138 Å². The van der Waals surface area contributed by atoms with Crippen LogP contribution >= 0.6 is 0 Å². The van der Waals surface area contributed by atoms with Gasteiger partial charge in [0.15, 0.2) is 9.84 Å². The molecular formula is C15H19F3N2O3S. The number of halogens is 3. The lowest BCUT2D eigenvalue weighted by Gasteiger charge is -2.22. The first-order valence-corrected chi connectivity index (χ1v) is 9.27. The molecule has 0 aromatic heterocycles. The molecule has 0 aliphatic carbocycles. The SMILES string of the molecule is CN(CCC(=O)Nc1cccc(C(F)(F)F)c1)C1CCS(=O)(=O)C1. The van der Waals surface area contributed by atoms with E-state index in [1.54, 1.807) is 11.9 Å². The van der Waals surface area contributed by atoms with Crippen molar-refractivity contribution >= 4 is 21.4 Å². The Hall–Kier alpha value is -1.61. The fourth-order valence-corrected chi connectivity index (χ4v) is 4.39. The molecular weight excluding hydrogens is 345 g/mol. The lowest BCUT2D eigenvalue weighted by atomic mass is 10.2. The molecule has 0 spiro atoms. The second-order valence-electron chi connectivity index (χ2n) is 5.91. The molecule has 1 aromatic carbocycles. The molecule has 1 fully saturated rings. The number of nitrogens with zero attached hydrogens (tertiary/aromatic N) is 1. The third kappa shape index (κ3) is 5.20. The Morgan fingerprint density at radius 2 is 2.08 bits per heavy atom. The van der Waals surface area contributed by atoms with Crippen LogP contribution in [0.25, 0.3) is 0 Å². The Morgan fingerprint density at radius 1 is 1.38 bits per heavy atom. The maximum Gasteiger partial charge on any atom is 0.416 e. The minimum Gasteiger partial charge on any atom is -0.326 e. The van der Waals surface area contributed by atoms with Gasteiger partial charge in [0.25, 0.3) is 0 Å². The molecule has 1 saturated heterocycles. The average Bonchev–Trinajstić information content (AvgIpc) is 2.84. The quantitative estimate of drug-likeness (QED) is 0.870. The number of carbonyl (C=O) groups is 1. The molecule has 0 radical (unpaired) electrons. The first-order valence-electron chi connectivity index (χ1n) is 7.44. The highest BCUT2D eigenvalue weighted by molar-refractivity contribution is 7.91. The zero-order valence-corrected chi connectivity index (χ0v) is 14.0. The molecule has 1 aliphatic rings. The van der Waals surface area contributed by atoms with E-state index in [1.165, 1.54) is 12.1 Å². The third-order valence-electron chi connectivity index (χ3n) is 4.00. The Balaban J connectivity index is 1.85. The number of amides is 1. The molecule has 1 unspecified atom stereocenters. The van der Waals surface area contributed by atoms with E-state index in [2.05, 4.69) is 5.32 Å². The largest absolute Gasteiger partial charge is 0.416 e. The first kappa shape index (κ1) is 18.7. The fraction of sp³-hybridized carbons (Fsp3) is 0.533. The lowest BCUT2D eigenvalue weighted by molar-refractivity contribution is -0.137. The average molecular weight is 364 g/mol. The number of carbonyl (C=O) groups excluding carboxylic acids is 1. The molecule has 1 atom stereocenters. The highest BCUT2D eigenvalue weighted by Gasteiger charge is 2.31. The standard InChI is InChI=1S/C15H19F3N2O3S/c1-20(13-6-8-24(22,23)10-13)7-5-14(21)19-12-4-2-3-11(9-12)15(16,17)18/h2-4,9,13H,5-8,10H2,1H3,(H,19,21). The fourth-order valence-electron chi connectivity index (χ4n) is 2.58. The van der Waals surface area contributed by atoms with Crippen molar-refractivity contribution in [3.8, 4) is 0 Å². The van der Waals surface area contributed by atoms with E-state index in [0.29, 0.717) is 13.0 Å². The Morgan fingerprint density at radius 3 is 2.67 bits per heavy atom. The van der Waals surface area contributed by atoms with Gasteiger partial charge in [-0.1, -0.05) is 6.07 Å². The van der Waals surface area contributed by atoms with Crippen LogP contribution in [0.4, 0.5) is 18.9 Å². The summed E-state index contributed by atoms with van der Waals surface area (Å²) in [7, 11) is -1.26. The van der Waals surface area contributed by atoms with Gasteiger partial charge in [0, 0.05) is 24.7 Å². The van der Waals surface area contributed by atoms with Crippen LogP contribution in [0.5, 0.6) is 0 Å². The predicted octanol–water partition coefficient (Wildman–Crippen LogP) is 2.15. The van der Waals surface area contributed by atoms with E-state index in [4.69, 9.17) is 0 Å². The minimum absolute atomic E-state index is 0.0727. The van der Waals surface area contributed by atoms with Gasteiger partial charge in [0.05, 0.1) is 17.1 Å². The molecule has 1 aliphatic heterocycles. The van der Waals surface area contributed by atoms with Gasteiger partial charge < -0.3 is 10.2 Å². The summed E-state index contributed by atoms with van der Waals surface area (Å²) in [4.78, 5) is 13.7. The summed E-state index contributed by atoms with van der Waals surface area (Å²) in [5.74, 6) is -0.181. The summed E-state index contributed by atoms with van der Waals surface area (Å²) in [6, 6.07) is 4.32. The lowest BCUT2D eigenvalue weighted by Crippen LogP contribution is -2.35. The van der Waals surface area contributed by atoms with Gasteiger partial charge in [0.2, 0.25) is 5.91 Å². The van der Waals surface area contributed by atoms with E-state index in [9.17, 15) is 26.4 Å². The predicted molar refractivity (Wildman–Crippen MR) is 84.4 cm³/mol. The summed E-state index contributed by atoms with van der Waals surface area (Å²) in [6.45, 7) is 0.338. The zero-order chi connectivity index (χ0) is 18.0. The molecule has 2 rings (SSSR count). The van der Waals surface area contributed by atoms with Gasteiger partial charge in [-0.25, -0.2) is 8.42 Å². The van der Waals surface area contributed by atoms with Gasteiger partial charge in [-0.3, -0.25) is 4.79 Å². The van der Waals surface area contributed by atoms with Crippen molar-refractivity contribution in [2.75, 3.05) is 30.4 Å². The van der Waals surface area contributed by atoms with Crippen LogP contribution in [-0.4, -0.2) is 50.4 Å². The molecule has 24 heavy (non-hydrogen) atoms. The number of hydrogen-bond donors (Lipinski definition) is 1. The molecule has 9 heteroatoms. The molecule has 5 nitrogen and oxygen atoms in total. The normalized spacial score (nSPS) is 20.3. The van der Waals surface area contributed by atoms with Crippen molar-refractivity contribution in [3.05, 3.63) is 29.8 Å². The third-order valence-corrected chi connectivity index (χ3v) is 5.75. The first-order chi connectivity index (χ1) is 11.1. The number of benzene rings is 1. The number of sulfone groups is 1. The van der Waals surface area contributed by atoms with Crippen molar-refractivity contribution in [2.24, 2.45) is 0 Å². The smallest absolute Gasteiger partial charge is 0.326 e. The van der Waals surface area contributed by atoms with Crippen LogP contribution in [0.1, 0.15) is 18.4 Å². The highest BCUT2D eigenvalue weighted by Crippen LogP contribution is 2.30. The van der Waals surface area contributed by atoms with Gasteiger partial charge in [-0.2, -0.15) is 13.2 Å². The summed E-state index contributed by atoms with van der Waals surface area (Å²) in [5.41, 5.74) is -0.741. The van der Waals surface area contributed by atoms with Crippen molar-refractivity contribution < 1.29 is 26.4 Å². The zero-order valence-electron chi connectivity index (χ0n) is 13.1. The molecule has 1 heterocycles. The Bertz CT molecular complexity index is 704. The number of anilines is 1. The van der Waals surface area contributed by atoms with E-state index in [0.717, 1.165) is 12.1 Å². The highest BCUT2D eigenvalue weighted by atomic mass is 32.2. The molecule has 1 N–H and O–H groups in total. The van der Waals surface area contributed by atoms with Crippen molar-refractivity contribution in [1.82, 2.24) is 4.90 Å². The molecule has 1 amide bonds. The monoisotopic (exact) mass is 364 g/mol. The molecule has 0 bridgehead atoms. The maximum absolute atomic E-state index is 12.6. The number of alkyl halides is 3. The molecule has 0 saturated carbocycles. The minimum atomic E-state index is -4.46. The molecule has 1 aromatic rings. The van der Waals surface area contributed by atoms with Crippen LogP contribution in [0, 0.1) is 0 Å². The van der Waals surface area contributed by atoms with Crippen LogP contribution in [0.3, 0.4) is 0 Å². The van der Waals surface area contributed by atoms with E-state index in [-0.39, 0.29) is 29.7 Å².